The van der Waals surface area contributed by atoms with Crippen LogP contribution >= 0.6 is 0 Å². The summed E-state index contributed by atoms with van der Waals surface area (Å²) >= 11 is 0. The molecule has 24 heavy (non-hydrogen) atoms. The number of unbranched alkanes of at least 4 members (excludes halogenated alkanes) is 1. The molecule has 0 aliphatic heterocycles. The molecule has 0 bridgehead atoms. The molecule has 0 fully saturated rings. The number of imidazole rings is 1. The predicted molar refractivity (Wildman–Crippen MR) is 99.5 cm³/mol. The van der Waals surface area contributed by atoms with Gasteiger partial charge in [-0.2, -0.15) is 0 Å². The summed E-state index contributed by atoms with van der Waals surface area (Å²) < 4.78 is 8.06. The number of anilines is 1. The number of fused-ring (bicyclic) bond motifs is 1. The summed E-state index contributed by atoms with van der Waals surface area (Å²) in [5, 5.41) is 0. The molecule has 3 rings (SSSR count). The van der Waals surface area contributed by atoms with E-state index in [2.05, 4.69) is 42.5 Å². The first-order valence-electron chi connectivity index (χ1n) is 8.47. The van der Waals surface area contributed by atoms with Crippen LogP contribution in [0.5, 0.6) is 5.75 Å². The van der Waals surface area contributed by atoms with Gasteiger partial charge in [-0.1, -0.05) is 6.07 Å². The Balaban J connectivity index is 1.58. The molecule has 2 aromatic carbocycles. The summed E-state index contributed by atoms with van der Waals surface area (Å²) in [6.45, 7) is 8.03. The Morgan fingerprint density at radius 3 is 2.62 bits per heavy atom. The molecule has 0 spiro atoms. The number of nitrogens with two attached hydrogens (primary N) is 1. The molecule has 126 valence electrons. The van der Waals surface area contributed by atoms with Crippen LogP contribution in [0.4, 0.5) is 5.69 Å². The Morgan fingerprint density at radius 2 is 1.83 bits per heavy atom. The third-order valence-electron chi connectivity index (χ3n) is 4.46. The maximum absolute atomic E-state index is 5.76. The van der Waals surface area contributed by atoms with Gasteiger partial charge >= 0.3 is 0 Å². The number of benzene rings is 2. The van der Waals surface area contributed by atoms with Crippen LogP contribution in [0.25, 0.3) is 11.0 Å². The maximum atomic E-state index is 5.76. The van der Waals surface area contributed by atoms with Crippen molar-refractivity contribution in [2.24, 2.45) is 0 Å². The van der Waals surface area contributed by atoms with E-state index < -0.39 is 0 Å². The van der Waals surface area contributed by atoms with E-state index in [0.29, 0.717) is 6.61 Å². The molecule has 0 unspecified atom stereocenters. The summed E-state index contributed by atoms with van der Waals surface area (Å²) in [4.78, 5) is 4.69. The lowest BCUT2D eigenvalue weighted by atomic mass is 10.1. The Labute approximate surface area is 143 Å². The third kappa shape index (κ3) is 3.53. The van der Waals surface area contributed by atoms with Gasteiger partial charge in [0.25, 0.3) is 0 Å². The van der Waals surface area contributed by atoms with Crippen LogP contribution in [0, 0.1) is 20.8 Å². The van der Waals surface area contributed by atoms with Crippen LogP contribution < -0.4 is 10.5 Å². The van der Waals surface area contributed by atoms with E-state index in [9.17, 15) is 0 Å². The van der Waals surface area contributed by atoms with Crippen molar-refractivity contribution in [3.8, 4) is 5.75 Å². The highest BCUT2D eigenvalue weighted by molar-refractivity contribution is 5.78. The number of nitrogen functional groups attached to an aromatic ring is 1. The normalized spacial score (nSPS) is 11.1. The van der Waals surface area contributed by atoms with E-state index in [4.69, 9.17) is 10.5 Å². The Hall–Kier alpha value is -2.49. The molecule has 1 heterocycles. The lowest BCUT2D eigenvalue weighted by molar-refractivity contribution is 0.303. The number of aryl methyl sites for hydroxylation is 4. The van der Waals surface area contributed by atoms with Gasteiger partial charge in [0.2, 0.25) is 0 Å². The second-order valence-electron chi connectivity index (χ2n) is 6.36. The molecular formula is C20H25N3O. The summed E-state index contributed by atoms with van der Waals surface area (Å²) in [5.41, 5.74) is 11.4. The summed E-state index contributed by atoms with van der Waals surface area (Å²) in [7, 11) is 0. The molecular weight excluding hydrogens is 298 g/mol. The summed E-state index contributed by atoms with van der Waals surface area (Å²) in [6.07, 6.45) is 2.06. The Bertz CT molecular complexity index is 851. The first-order chi connectivity index (χ1) is 11.5. The predicted octanol–water partition coefficient (Wildman–Crippen LogP) is 4.40. The van der Waals surface area contributed by atoms with Gasteiger partial charge in [0.15, 0.2) is 0 Å². The molecule has 4 nitrogen and oxygen atoms in total. The van der Waals surface area contributed by atoms with E-state index in [1.54, 1.807) is 0 Å². The third-order valence-corrected chi connectivity index (χ3v) is 4.46. The molecule has 0 atom stereocenters. The highest BCUT2D eigenvalue weighted by Gasteiger charge is 2.08. The van der Waals surface area contributed by atoms with E-state index in [1.807, 2.05) is 24.3 Å². The lowest BCUT2D eigenvalue weighted by Crippen LogP contribution is -2.04. The van der Waals surface area contributed by atoms with Crippen LogP contribution in [-0.4, -0.2) is 16.2 Å². The first-order valence-corrected chi connectivity index (χ1v) is 8.47. The van der Waals surface area contributed by atoms with Gasteiger partial charge in [-0.15, -0.1) is 0 Å². The second-order valence-corrected chi connectivity index (χ2v) is 6.36. The van der Waals surface area contributed by atoms with Crippen molar-refractivity contribution in [3.05, 3.63) is 53.3 Å². The fraction of sp³-hybridized carbons (Fsp3) is 0.350. The fourth-order valence-corrected chi connectivity index (χ4v) is 2.95. The van der Waals surface area contributed by atoms with Gasteiger partial charge in [-0.3, -0.25) is 0 Å². The Morgan fingerprint density at radius 1 is 1.04 bits per heavy atom. The Kier molecular flexibility index (Phi) is 4.74. The zero-order chi connectivity index (χ0) is 17.1. The van der Waals surface area contributed by atoms with E-state index in [1.165, 1.54) is 16.6 Å². The molecule has 0 aliphatic carbocycles. The summed E-state index contributed by atoms with van der Waals surface area (Å²) in [6, 6.07) is 12.0. The van der Waals surface area contributed by atoms with Crippen LogP contribution in [0.2, 0.25) is 0 Å². The first kappa shape index (κ1) is 16.4. The maximum Gasteiger partial charge on any atom is 0.121 e. The van der Waals surface area contributed by atoms with E-state index >= 15 is 0 Å². The van der Waals surface area contributed by atoms with Gasteiger partial charge < -0.3 is 15.0 Å². The van der Waals surface area contributed by atoms with Gasteiger partial charge in [0.05, 0.1) is 17.6 Å². The van der Waals surface area contributed by atoms with Gasteiger partial charge in [0, 0.05) is 18.3 Å². The molecule has 1 aromatic heterocycles. The van der Waals surface area contributed by atoms with E-state index in [-0.39, 0.29) is 0 Å². The quantitative estimate of drug-likeness (QED) is 0.540. The highest BCUT2D eigenvalue weighted by Crippen LogP contribution is 2.21. The standard InChI is InChI=1S/C20H25N3O/c1-14-11-19-20(12-15(14)2)23(16(3)22-19)9-4-5-10-24-18-8-6-7-17(21)13-18/h6-8,11-13H,4-5,9-10,21H2,1-3H3. The molecule has 2 N–H and O–H groups in total. The zero-order valence-corrected chi connectivity index (χ0v) is 14.7. The molecule has 0 saturated heterocycles. The molecule has 4 heteroatoms. The number of hydrogen-bond acceptors (Lipinski definition) is 3. The van der Waals surface area contributed by atoms with Crippen molar-refractivity contribution in [2.75, 3.05) is 12.3 Å². The number of rotatable bonds is 6. The van der Waals surface area contributed by atoms with Crippen molar-refractivity contribution >= 4 is 16.7 Å². The van der Waals surface area contributed by atoms with Crippen molar-refractivity contribution < 1.29 is 4.74 Å². The van der Waals surface area contributed by atoms with Crippen LogP contribution in [0.15, 0.2) is 36.4 Å². The minimum Gasteiger partial charge on any atom is -0.494 e. The number of aromatic nitrogens is 2. The van der Waals surface area contributed by atoms with Crippen LogP contribution in [0.1, 0.15) is 29.8 Å². The number of ether oxygens (including phenoxy) is 1. The van der Waals surface area contributed by atoms with Crippen molar-refractivity contribution in [1.29, 1.82) is 0 Å². The molecule has 0 amide bonds. The number of hydrogen-bond donors (Lipinski definition) is 1. The topological polar surface area (TPSA) is 53.1 Å². The highest BCUT2D eigenvalue weighted by atomic mass is 16.5. The smallest absolute Gasteiger partial charge is 0.121 e. The average molecular weight is 323 g/mol. The molecule has 0 saturated carbocycles. The molecule has 0 radical (unpaired) electrons. The van der Waals surface area contributed by atoms with Crippen LogP contribution in [0.3, 0.4) is 0 Å². The molecule has 3 aromatic rings. The lowest BCUT2D eigenvalue weighted by Gasteiger charge is -2.09. The van der Waals surface area contributed by atoms with Gasteiger partial charge in [-0.05, 0) is 69.0 Å². The zero-order valence-electron chi connectivity index (χ0n) is 14.7. The largest absolute Gasteiger partial charge is 0.494 e. The average Bonchev–Trinajstić information content (AvgIpc) is 2.83. The van der Waals surface area contributed by atoms with Gasteiger partial charge in [-0.25, -0.2) is 4.98 Å². The molecule has 0 aliphatic rings. The minimum absolute atomic E-state index is 0.702. The van der Waals surface area contributed by atoms with Crippen molar-refractivity contribution in [3.63, 3.8) is 0 Å². The monoisotopic (exact) mass is 323 g/mol. The van der Waals surface area contributed by atoms with E-state index in [0.717, 1.165) is 42.2 Å². The van der Waals surface area contributed by atoms with Crippen molar-refractivity contribution in [1.82, 2.24) is 9.55 Å². The fourth-order valence-electron chi connectivity index (χ4n) is 2.95. The second kappa shape index (κ2) is 6.95. The van der Waals surface area contributed by atoms with Gasteiger partial charge in [0.1, 0.15) is 11.6 Å². The summed E-state index contributed by atoms with van der Waals surface area (Å²) in [5.74, 6) is 1.91. The number of nitrogens with zero attached hydrogens (tertiary/aromatic N) is 2. The van der Waals surface area contributed by atoms with Crippen LogP contribution in [-0.2, 0) is 6.54 Å². The SMILES string of the molecule is Cc1cc2nc(C)n(CCCCOc3cccc(N)c3)c2cc1C. The van der Waals surface area contributed by atoms with Crippen molar-refractivity contribution in [2.45, 2.75) is 40.2 Å². The minimum atomic E-state index is 0.702.